The molecule has 5 heteroatoms. The maximum Gasteiger partial charge on any atom is 0.286 e. The van der Waals surface area contributed by atoms with Crippen molar-refractivity contribution in [2.45, 2.75) is 13.1 Å². The van der Waals surface area contributed by atoms with Crippen molar-refractivity contribution in [1.82, 2.24) is 10.6 Å². The van der Waals surface area contributed by atoms with Gasteiger partial charge in [0.25, 0.3) is 11.8 Å². The van der Waals surface area contributed by atoms with E-state index in [1.165, 1.54) is 0 Å². The van der Waals surface area contributed by atoms with E-state index in [9.17, 15) is 9.59 Å². The van der Waals surface area contributed by atoms with Crippen molar-refractivity contribution < 1.29 is 14.2 Å². The van der Waals surface area contributed by atoms with E-state index in [2.05, 4.69) is 10.6 Å². The minimum Gasteiger partial charge on any atom is -0.355 e. The lowest BCUT2D eigenvalue weighted by atomic mass is 10.2. The Morgan fingerprint density at radius 3 is 2.57 bits per heavy atom. The van der Waals surface area contributed by atoms with Crippen molar-refractivity contribution in [3.8, 4) is 0 Å². The maximum atomic E-state index is 11.9. The highest BCUT2D eigenvalue weighted by Crippen LogP contribution is 1.97. The van der Waals surface area contributed by atoms with Crippen molar-refractivity contribution in [3.05, 3.63) is 66.0 Å². The first-order valence-corrected chi connectivity index (χ1v) is 6.71. The Bertz CT molecular complexity index is 626. The van der Waals surface area contributed by atoms with Gasteiger partial charge < -0.3 is 10.6 Å². The second-order valence-corrected chi connectivity index (χ2v) is 4.61. The summed E-state index contributed by atoms with van der Waals surface area (Å²) in [6, 6.07) is 13.2. The topological polar surface area (TPSA) is 62.1 Å². The van der Waals surface area contributed by atoms with Gasteiger partial charge in [-0.25, -0.2) is 0 Å². The predicted molar refractivity (Wildman–Crippen MR) is 78.3 cm³/mol. The van der Waals surface area contributed by atoms with Crippen LogP contribution in [-0.4, -0.2) is 18.9 Å². The molecule has 0 bridgehead atoms. The molecule has 2 N–H and O–H groups in total. The maximum absolute atomic E-state index is 11.9. The first kappa shape index (κ1) is 14.7. The lowest BCUT2D eigenvalue weighted by Crippen LogP contribution is -2.43. The molecule has 5 nitrogen and oxygen atoms in total. The highest BCUT2D eigenvalue weighted by Gasteiger charge is 2.12. The molecule has 2 amide bonds. The number of rotatable bonds is 5. The Labute approximate surface area is 123 Å². The van der Waals surface area contributed by atoms with E-state index in [1.54, 1.807) is 36.1 Å². The van der Waals surface area contributed by atoms with E-state index < -0.39 is 0 Å². The second-order valence-electron chi connectivity index (χ2n) is 4.61. The van der Waals surface area contributed by atoms with Gasteiger partial charge in [-0.3, -0.25) is 9.59 Å². The zero-order chi connectivity index (χ0) is 15.1. The van der Waals surface area contributed by atoms with Gasteiger partial charge in [-0.15, -0.1) is 0 Å². The molecule has 1 heterocycles. The number of pyridine rings is 1. The van der Waals surface area contributed by atoms with Gasteiger partial charge in [0, 0.05) is 19.7 Å². The lowest BCUT2D eigenvalue weighted by Gasteiger charge is -2.04. The fourth-order valence-corrected chi connectivity index (χ4v) is 1.92. The Kier molecular flexibility index (Phi) is 5.04. The van der Waals surface area contributed by atoms with Crippen molar-refractivity contribution in [2.24, 2.45) is 0 Å². The molecule has 108 valence electrons. The Balaban J connectivity index is 1.92. The van der Waals surface area contributed by atoms with E-state index >= 15 is 0 Å². The molecule has 2 rings (SSSR count). The molecule has 0 saturated carbocycles. The van der Waals surface area contributed by atoms with Crippen LogP contribution >= 0.6 is 0 Å². The van der Waals surface area contributed by atoms with Gasteiger partial charge >= 0.3 is 0 Å². The van der Waals surface area contributed by atoms with Gasteiger partial charge in [0.15, 0.2) is 12.4 Å². The molecule has 21 heavy (non-hydrogen) atoms. The third kappa shape index (κ3) is 4.42. The second kappa shape index (κ2) is 7.19. The summed E-state index contributed by atoms with van der Waals surface area (Å²) >= 11 is 0. The molecule has 1 aromatic carbocycles. The van der Waals surface area contributed by atoms with Crippen LogP contribution in [0.1, 0.15) is 15.9 Å². The van der Waals surface area contributed by atoms with Crippen LogP contribution < -0.4 is 15.2 Å². The number of benzene rings is 1. The number of carbonyl (C=O) groups is 2. The van der Waals surface area contributed by atoms with E-state index in [4.69, 9.17) is 0 Å². The molecule has 0 spiro atoms. The number of aromatic nitrogens is 1. The lowest BCUT2D eigenvalue weighted by molar-refractivity contribution is -0.684. The summed E-state index contributed by atoms with van der Waals surface area (Å²) < 4.78 is 1.69. The van der Waals surface area contributed by atoms with E-state index in [0.717, 1.165) is 5.56 Å². The minimum absolute atomic E-state index is 0.0992. The number of hydrogen-bond acceptors (Lipinski definition) is 2. The Morgan fingerprint density at radius 2 is 1.86 bits per heavy atom. The number of amides is 2. The SMILES string of the molecule is CNC(=O)c1ccc[n+](CC(=O)NCc2ccccc2)c1. The van der Waals surface area contributed by atoms with Crippen LogP contribution in [0.4, 0.5) is 0 Å². The zero-order valence-electron chi connectivity index (χ0n) is 11.9. The Morgan fingerprint density at radius 1 is 1.10 bits per heavy atom. The molecule has 0 saturated heterocycles. The summed E-state index contributed by atoms with van der Waals surface area (Å²) in [7, 11) is 1.58. The monoisotopic (exact) mass is 284 g/mol. The molecule has 2 aromatic rings. The summed E-state index contributed by atoms with van der Waals surface area (Å²) in [6.45, 7) is 0.674. The van der Waals surface area contributed by atoms with Gasteiger partial charge in [0.2, 0.25) is 6.54 Å². The molecule has 0 aliphatic rings. The van der Waals surface area contributed by atoms with Crippen LogP contribution in [0.3, 0.4) is 0 Å². The third-order valence-corrected chi connectivity index (χ3v) is 3.01. The number of nitrogens with zero attached hydrogens (tertiary/aromatic N) is 1. The van der Waals surface area contributed by atoms with Crippen molar-refractivity contribution in [1.29, 1.82) is 0 Å². The molecule has 0 unspecified atom stereocenters. The summed E-state index contributed by atoms with van der Waals surface area (Å²) in [5.41, 5.74) is 1.57. The van der Waals surface area contributed by atoms with Crippen molar-refractivity contribution in [2.75, 3.05) is 7.05 Å². The first-order chi connectivity index (χ1) is 10.2. The van der Waals surface area contributed by atoms with E-state index in [0.29, 0.717) is 12.1 Å². The smallest absolute Gasteiger partial charge is 0.286 e. The Hall–Kier alpha value is -2.69. The van der Waals surface area contributed by atoms with Crippen LogP contribution in [0.2, 0.25) is 0 Å². The van der Waals surface area contributed by atoms with Crippen LogP contribution in [-0.2, 0) is 17.9 Å². The number of hydrogen-bond donors (Lipinski definition) is 2. The highest BCUT2D eigenvalue weighted by molar-refractivity contribution is 5.93. The van der Waals surface area contributed by atoms with E-state index in [1.807, 2.05) is 30.3 Å². The normalized spacial score (nSPS) is 9.95. The standard InChI is InChI=1S/C16H17N3O2/c1-17-16(21)14-8-5-9-19(11-14)12-15(20)18-10-13-6-3-2-4-7-13/h2-9,11H,10,12H2,1H3,(H-,17,18,20,21)/p+1. The fraction of sp³-hybridized carbons (Fsp3) is 0.188. The average molecular weight is 284 g/mol. The molecule has 0 fully saturated rings. The molecule has 1 aromatic heterocycles. The van der Waals surface area contributed by atoms with Gasteiger partial charge in [0.1, 0.15) is 5.56 Å². The minimum atomic E-state index is -0.172. The van der Waals surface area contributed by atoms with Gasteiger partial charge in [0.05, 0.1) is 0 Å². The number of nitrogens with one attached hydrogen (secondary N) is 2. The fourth-order valence-electron chi connectivity index (χ4n) is 1.92. The quantitative estimate of drug-likeness (QED) is 0.792. The van der Waals surface area contributed by atoms with Crippen LogP contribution in [0, 0.1) is 0 Å². The molecule has 0 radical (unpaired) electrons. The van der Waals surface area contributed by atoms with Gasteiger partial charge in [-0.1, -0.05) is 30.3 Å². The van der Waals surface area contributed by atoms with Crippen molar-refractivity contribution in [3.63, 3.8) is 0 Å². The first-order valence-electron chi connectivity index (χ1n) is 6.71. The van der Waals surface area contributed by atoms with Gasteiger partial charge in [-0.2, -0.15) is 4.57 Å². The van der Waals surface area contributed by atoms with Crippen LogP contribution in [0.25, 0.3) is 0 Å². The largest absolute Gasteiger partial charge is 0.355 e. The molecule has 0 atom stereocenters. The van der Waals surface area contributed by atoms with E-state index in [-0.39, 0.29) is 18.4 Å². The summed E-state index contributed by atoms with van der Waals surface area (Å²) in [6.07, 6.45) is 3.41. The summed E-state index contributed by atoms with van der Waals surface area (Å²) in [5, 5.41) is 5.41. The number of carbonyl (C=O) groups excluding carboxylic acids is 2. The summed E-state index contributed by atoms with van der Waals surface area (Å²) in [4.78, 5) is 23.4. The molecular formula is C16H18N3O2+. The third-order valence-electron chi connectivity index (χ3n) is 3.01. The summed E-state index contributed by atoms with van der Waals surface area (Å²) in [5.74, 6) is -0.271. The predicted octanol–water partition coefficient (Wildman–Crippen LogP) is 0.650. The van der Waals surface area contributed by atoms with Crippen molar-refractivity contribution >= 4 is 11.8 Å². The van der Waals surface area contributed by atoms with Gasteiger partial charge in [-0.05, 0) is 11.6 Å². The zero-order valence-corrected chi connectivity index (χ0v) is 11.9. The molecule has 0 aliphatic carbocycles. The average Bonchev–Trinajstić information content (AvgIpc) is 2.53. The van der Waals surface area contributed by atoms with Crippen LogP contribution in [0.5, 0.6) is 0 Å². The molecular weight excluding hydrogens is 266 g/mol. The highest BCUT2D eigenvalue weighted by atomic mass is 16.2. The van der Waals surface area contributed by atoms with Crippen LogP contribution in [0.15, 0.2) is 54.9 Å². The molecule has 0 aliphatic heterocycles.